The molecule has 1 aromatic heterocycles. The van der Waals surface area contributed by atoms with E-state index in [0.717, 1.165) is 105 Å². The van der Waals surface area contributed by atoms with Crippen molar-refractivity contribution in [1.82, 2.24) is 15.5 Å². The minimum absolute atomic E-state index is 0.440. The Bertz CT molecular complexity index is 1770. The van der Waals surface area contributed by atoms with Crippen LogP contribution in [0.5, 0.6) is 11.5 Å². The van der Waals surface area contributed by atoms with Crippen molar-refractivity contribution in [2.24, 2.45) is 5.73 Å². The summed E-state index contributed by atoms with van der Waals surface area (Å²) in [5, 5.41) is 14.7. The number of piperazine rings is 2. The lowest BCUT2D eigenvalue weighted by atomic mass is 10.1. The third-order valence-corrected chi connectivity index (χ3v) is 9.87. The molecule has 0 spiro atoms. The minimum atomic E-state index is 0.440. The SMILES string of the molecule is CCCOCCOCCOc1cc(Cl)cc(N2CCNCC2)c1.NCCOCCOCCOc1cc(Cl)cc(N2CCN(c3cnnc4c(Cl)cccc34)CC2)c1. The number of nitrogens with two attached hydrogens (primary N) is 1. The average molecular weight is 849 g/mol. The molecule has 57 heavy (non-hydrogen) atoms. The zero-order valence-corrected chi connectivity index (χ0v) is 35.1. The second-order valence-electron chi connectivity index (χ2n) is 13.3. The zero-order chi connectivity index (χ0) is 40.1. The van der Waals surface area contributed by atoms with Crippen LogP contribution in [0.15, 0.2) is 60.8 Å². The average Bonchev–Trinajstić information content (AvgIpc) is 3.23. The third-order valence-electron chi connectivity index (χ3n) is 9.13. The van der Waals surface area contributed by atoms with E-state index < -0.39 is 0 Å². The molecule has 4 aromatic rings. The number of hydrogen-bond donors (Lipinski definition) is 2. The molecule has 0 aliphatic carbocycles. The molecule has 13 nitrogen and oxygen atoms in total. The van der Waals surface area contributed by atoms with Crippen molar-refractivity contribution in [3.05, 3.63) is 75.9 Å². The van der Waals surface area contributed by atoms with Gasteiger partial charge in [0.1, 0.15) is 30.2 Å². The molecule has 0 atom stereocenters. The van der Waals surface area contributed by atoms with E-state index in [1.54, 1.807) is 0 Å². The summed E-state index contributed by atoms with van der Waals surface area (Å²) in [6.45, 7) is 15.5. The van der Waals surface area contributed by atoms with E-state index in [1.807, 2.05) is 60.8 Å². The van der Waals surface area contributed by atoms with Crippen molar-refractivity contribution >= 4 is 62.8 Å². The monoisotopic (exact) mass is 847 g/mol. The molecule has 2 saturated heterocycles. The van der Waals surface area contributed by atoms with Crippen LogP contribution < -0.4 is 35.2 Å². The molecular weight excluding hydrogens is 793 g/mol. The van der Waals surface area contributed by atoms with E-state index in [1.165, 1.54) is 0 Å². The smallest absolute Gasteiger partial charge is 0.122 e. The Kier molecular flexibility index (Phi) is 19.8. The maximum atomic E-state index is 6.38. The Labute approximate surface area is 351 Å². The number of rotatable bonds is 21. The molecule has 0 unspecified atom stereocenters. The molecule has 2 fully saturated rings. The van der Waals surface area contributed by atoms with Crippen LogP contribution in [0.1, 0.15) is 13.3 Å². The zero-order valence-electron chi connectivity index (χ0n) is 32.8. The van der Waals surface area contributed by atoms with Gasteiger partial charge in [-0.05, 0) is 36.8 Å². The quantitative estimate of drug-likeness (QED) is 0.0925. The van der Waals surface area contributed by atoms with Crippen molar-refractivity contribution in [2.45, 2.75) is 13.3 Å². The lowest BCUT2D eigenvalue weighted by Gasteiger charge is -2.37. The lowest BCUT2D eigenvalue weighted by Crippen LogP contribution is -2.46. The van der Waals surface area contributed by atoms with Crippen molar-refractivity contribution in [3.8, 4) is 11.5 Å². The van der Waals surface area contributed by atoms with Crippen molar-refractivity contribution in [1.29, 1.82) is 0 Å². The van der Waals surface area contributed by atoms with Crippen LogP contribution in [-0.2, 0) is 18.9 Å². The van der Waals surface area contributed by atoms with Gasteiger partial charge < -0.3 is 54.2 Å². The summed E-state index contributed by atoms with van der Waals surface area (Å²) in [5.74, 6) is 1.52. The van der Waals surface area contributed by atoms with Gasteiger partial charge in [-0.2, -0.15) is 5.10 Å². The largest absolute Gasteiger partial charge is 0.491 e. The number of halogens is 3. The van der Waals surface area contributed by atoms with E-state index in [9.17, 15) is 0 Å². The Morgan fingerprint density at radius 3 is 1.74 bits per heavy atom. The fourth-order valence-electron chi connectivity index (χ4n) is 6.35. The second-order valence-corrected chi connectivity index (χ2v) is 14.6. The van der Waals surface area contributed by atoms with Crippen molar-refractivity contribution in [3.63, 3.8) is 0 Å². The summed E-state index contributed by atoms with van der Waals surface area (Å²) in [6.07, 6.45) is 2.85. The van der Waals surface area contributed by atoms with Gasteiger partial charge in [0.15, 0.2) is 0 Å². The number of fused-ring (bicyclic) bond motifs is 1. The summed E-state index contributed by atoms with van der Waals surface area (Å²) in [6, 6.07) is 17.5. The van der Waals surface area contributed by atoms with Gasteiger partial charge in [-0.25, -0.2) is 0 Å². The first kappa shape index (κ1) is 44.7. The lowest BCUT2D eigenvalue weighted by molar-refractivity contribution is 0.0366. The molecule has 3 aromatic carbocycles. The van der Waals surface area contributed by atoms with Crippen LogP contribution in [0.4, 0.5) is 17.1 Å². The van der Waals surface area contributed by atoms with Crippen LogP contribution in [0.3, 0.4) is 0 Å². The number of ether oxygens (including phenoxy) is 6. The Morgan fingerprint density at radius 1 is 0.632 bits per heavy atom. The van der Waals surface area contributed by atoms with E-state index >= 15 is 0 Å². The van der Waals surface area contributed by atoms with Crippen LogP contribution in [-0.4, -0.2) is 135 Å². The second kappa shape index (κ2) is 25.2. The standard InChI is InChI=1S/C24H29Cl2N5O3.C17H27ClN2O3/c25-18-14-19(16-20(15-18)34-13-12-33-11-10-32-9-4-27)30-5-7-31(8-6-30)23-17-28-29-24-21(23)2-1-3-22(24)26;1-2-7-21-8-9-22-10-11-23-17-13-15(18)12-16(14-17)20-5-3-19-4-6-20/h1-3,14-17H,4-13,27H2;12-14,19H,2-11H2,1H3. The molecule has 3 N–H and O–H groups in total. The summed E-state index contributed by atoms with van der Waals surface area (Å²) >= 11 is 18.9. The molecule has 3 heterocycles. The van der Waals surface area contributed by atoms with Gasteiger partial charge in [-0.3, -0.25) is 0 Å². The molecule has 2 aliphatic rings. The van der Waals surface area contributed by atoms with Crippen molar-refractivity contribution in [2.75, 3.05) is 140 Å². The Balaban J connectivity index is 0.000000235. The molecule has 312 valence electrons. The number of nitrogens with one attached hydrogen (secondary N) is 1. The predicted octanol–water partition coefficient (Wildman–Crippen LogP) is 6.21. The maximum absolute atomic E-state index is 6.38. The number of aromatic nitrogens is 2. The number of benzene rings is 3. The molecule has 0 radical (unpaired) electrons. The summed E-state index contributed by atoms with van der Waals surface area (Å²) in [4.78, 5) is 6.95. The summed E-state index contributed by atoms with van der Waals surface area (Å²) in [7, 11) is 0. The molecule has 0 bridgehead atoms. The van der Waals surface area contributed by atoms with Gasteiger partial charge in [0.2, 0.25) is 0 Å². The van der Waals surface area contributed by atoms with Crippen LogP contribution >= 0.6 is 34.8 Å². The van der Waals surface area contributed by atoms with Gasteiger partial charge in [0.25, 0.3) is 0 Å². The first-order valence-corrected chi connectivity index (χ1v) is 20.8. The van der Waals surface area contributed by atoms with Crippen molar-refractivity contribution < 1.29 is 28.4 Å². The molecular formula is C41H56Cl3N7O6. The first-order valence-electron chi connectivity index (χ1n) is 19.7. The number of nitrogens with zero attached hydrogens (tertiary/aromatic N) is 5. The molecule has 2 aliphatic heterocycles. The van der Waals surface area contributed by atoms with E-state index in [4.69, 9.17) is 69.0 Å². The normalized spacial score (nSPS) is 14.4. The fourth-order valence-corrected chi connectivity index (χ4v) is 7.00. The van der Waals surface area contributed by atoms with E-state index in [-0.39, 0.29) is 0 Å². The Hall–Kier alpha value is -3.37. The van der Waals surface area contributed by atoms with Crippen LogP contribution in [0, 0.1) is 0 Å². The van der Waals surface area contributed by atoms with E-state index in [0.29, 0.717) is 81.1 Å². The highest BCUT2D eigenvalue weighted by Gasteiger charge is 2.21. The molecule has 6 rings (SSSR count). The first-order chi connectivity index (χ1) is 27.9. The van der Waals surface area contributed by atoms with Gasteiger partial charge in [-0.15, -0.1) is 5.10 Å². The topological polar surface area (TPSA) is 129 Å². The van der Waals surface area contributed by atoms with Crippen LogP contribution in [0.2, 0.25) is 15.1 Å². The summed E-state index contributed by atoms with van der Waals surface area (Å²) in [5.41, 5.74) is 9.32. The van der Waals surface area contributed by atoms with Gasteiger partial charge in [-0.1, -0.05) is 53.9 Å². The Morgan fingerprint density at radius 2 is 1.16 bits per heavy atom. The molecule has 16 heteroatoms. The molecule has 0 amide bonds. The third kappa shape index (κ3) is 15.1. The summed E-state index contributed by atoms with van der Waals surface area (Å²) < 4.78 is 33.2. The van der Waals surface area contributed by atoms with Gasteiger partial charge in [0.05, 0.1) is 63.2 Å². The number of hydrogen-bond acceptors (Lipinski definition) is 13. The predicted molar refractivity (Wildman–Crippen MR) is 231 cm³/mol. The minimum Gasteiger partial charge on any atom is -0.491 e. The fraction of sp³-hybridized carbons (Fsp3) is 0.512. The molecule has 0 saturated carbocycles. The van der Waals surface area contributed by atoms with Crippen LogP contribution in [0.25, 0.3) is 10.9 Å². The highest BCUT2D eigenvalue weighted by atomic mass is 35.5. The number of anilines is 3. The highest BCUT2D eigenvalue weighted by Crippen LogP contribution is 2.32. The maximum Gasteiger partial charge on any atom is 0.122 e. The van der Waals surface area contributed by atoms with E-state index in [2.05, 4.69) is 37.1 Å². The van der Waals surface area contributed by atoms with Gasteiger partial charge in [0, 0.05) is 104 Å². The highest BCUT2D eigenvalue weighted by molar-refractivity contribution is 6.35. The van der Waals surface area contributed by atoms with Gasteiger partial charge >= 0.3 is 0 Å².